The topological polar surface area (TPSA) is 139 Å². The molecule has 0 spiro atoms. The molecule has 6 N–H and O–H groups in total. The van der Waals surface area contributed by atoms with E-state index in [0.717, 1.165) is 5.56 Å². The number of hydrogen-bond acceptors (Lipinski definition) is 6. The molecule has 2 aromatic carbocycles. The van der Waals surface area contributed by atoms with Crippen molar-refractivity contribution in [3.63, 3.8) is 0 Å². The fourth-order valence-electron chi connectivity index (χ4n) is 3.15. The number of phenolic OH excluding ortho intramolecular Hbond substituents is 1. The van der Waals surface area contributed by atoms with Gasteiger partial charge in [-0.1, -0.05) is 30.3 Å². The molecule has 0 radical (unpaired) electrons. The number of anilines is 1. The van der Waals surface area contributed by atoms with E-state index < -0.39 is 35.8 Å². The van der Waals surface area contributed by atoms with Crippen molar-refractivity contribution < 1.29 is 19.5 Å². The molecule has 0 heterocycles. The number of benzene rings is 2. The van der Waals surface area contributed by atoms with Crippen LogP contribution in [-0.2, 0) is 20.8 Å². The molecule has 2 rings (SSSR count). The van der Waals surface area contributed by atoms with Crippen LogP contribution in [0, 0.1) is 0 Å². The van der Waals surface area contributed by atoms with Gasteiger partial charge in [0.2, 0.25) is 11.8 Å². The van der Waals surface area contributed by atoms with Gasteiger partial charge < -0.3 is 21.9 Å². The predicted octanol–water partition coefficient (Wildman–Crippen LogP) is 1.41. The summed E-state index contributed by atoms with van der Waals surface area (Å²) < 4.78 is 0. The molecule has 0 fully saturated rings. The average molecular weight is 459 g/mol. The number of hydrogen-bond donors (Lipinski definition) is 4. The van der Waals surface area contributed by atoms with Crippen LogP contribution in [0.4, 0.5) is 5.69 Å². The minimum atomic E-state index is -0.991. The number of aromatic hydroxyl groups is 1. The Labute approximate surface area is 192 Å². The monoisotopic (exact) mass is 458 g/mol. The summed E-state index contributed by atoms with van der Waals surface area (Å²) in [6.45, 7) is 1.54. The number of nitrogens with zero attached hydrogens (tertiary/aromatic N) is 1. The van der Waals surface area contributed by atoms with Gasteiger partial charge in [0, 0.05) is 12.1 Å². The van der Waals surface area contributed by atoms with Crippen LogP contribution in [0.5, 0.6) is 5.75 Å². The maximum absolute atomic E-state index is 13.6. The van der Waals surface area contributed by atoms with Crippen molar-refractivity contribution in [2.45, 2.75) is 37.9 Å². The summed E-state index contributed by atoms with van der Waals surface area (Å²) in [5.41, 5.74) is 12.7. The Morgan fingerprint density at radius 2 is 1.72 bits per heavy atom. The first-order chi connectivity index (χ1) is 15.2. The zero-order chi connectivity index (χ0) is 23.7. The SMILES string of the molecule is CSCC[C@H](N)C(=O)N[C@@H](Cc1ccc(O)cc1)C(=O)N(c1ccccc1)[C@@H](C)C(N)=O. The largest absolute Gasteiger partial charge is 0.508 e. The van der Waals surface area contributed by atoms with E-state index in [9.17, 15) is 19.5 Å². The van der Waals surface area contributed by atoms with E-state index in [1.165, 1.54) is 24.0 Å². The summed E-state index contributed by atoms with van der Waals surface area (Å²) in [5.74, 6) is -0.807. The molecule has 0 saturated heterocycles. The molecule has 0 bridgehead atoms. The zero-order valence-electron chi connectivity index (χ0n) is 18.2. The lowest BCUT2D eigenvalue weighted by atomic mass is 10.0. The second-order valence-corrected chi connectivity index (χ2v) is 8.43. The quantitative estimate of drug-likeness (QED) is 0.402. The third-order valence-corrected chi connectivity index (χ3v) is 5.68. The molecule has 172 valence electrons. The van der Waals surface area contributed by atoms with Crippen molar-refractivity contribution in [3.8, 4) is 5.75 Å². The van der Waals surface area contributed by atoms with E-state index in [2.05, 4.69) is 5.32 Å². The lowest BCUT2D eigenvalue weighted by Crippen LogP contribution is -2.57. The predicted molar refractivity (Wildman–Crippen MR) is 127 cm³/mol. The van der Waals surface area contributed by atoms with Gasteiger partial charge in [-0.2, -0.15) is 11.8 Å². The van der Waals surface area contributed by atoms with Gasteiger partial charge in [-0.25, -0.2) is 0 Å². The number of carbonyl (C=O) groups excluding carboxylic acids is 3. The number of rotatable bonds is 11. The molecular formula is C23H30N4O4S. The van der Waals surface area contributed by atoms with Crippen LogP contribution >= 0.6 is 11.8 Å². The van der Waals surface area contributed by atoms with E-state index in [0.29, 0.717) is 17.9 Å². The number of primary amides is 1. The highest BCUT2D eigenvalue weighted by molar-refractivity contribution is 7.98. The molecule has 3 amide bonds. The van der Waals surface area contributed by atoms with Crippen LogP contribution in [0.25, 0.3) is 0 Å². The molecule has 0 aliphatic rings. The molecule has 0 aromatic heterocycles. The smallest absolute Gasteiger partial charge is 0.250 e. The summed E-state index contributed by atoms with van der Waals surface area (Å²) in [7, 11) is 0. The summed E-state index contributed by atoms with van der Waals surface area (Å²) in [6.07, 6.45) is 2.53. The van der Waals surface area contributed by atoms with Gasteiger partial charge >= 0.3 is 0 Å². The summed E-state index contributed by atoms with van der Waals surface area (Å²) >= 11 is 1.58. The Morgan fingerprint density at radius 1 is 1.09 bits per heavy atom. The number of thioether (sulfide) groups is 1. The standard InChI is InChI=1S/C23H30N4O4S/c1-15(21(25)29)27(17-6-4-3-5-7-17)23(31)20(14-16-8-10-18(28)11-9-16)26-22(30)19(24)12-13-32-2/h3-11,15,19-20,28H,12-14,24H2,1-2H3,(H2,25,29)(H,26,30)/t15-,19-,20-/m0/s1. The number of phenols is 1. The van der Waals surface area contributed by atoms with Gasteiger partial charge in [-0.05, 0) is 55.2 Å². The van der Waals surface area contributed by atoms with Gasteiger partial charge in [0.05, 0.1) is 6.04 Å². The highest BCUT2D eigenvalue weighted by atomic mass is 32.2. The van der Waals surface area contributed by atoms with Gasteiger partial charge in [0.15, 0.2) is 0 Å². The lowest BCUT2D eigenvalue weighted by Gasteiger charge is -2.32. The van der Waals surface area contributed by atoms with Crippen molar-refractivity contribution in [1.82, 2.24) is 5.32 Å². The van der Waals surface area contributed by atoms with Crippen molar-refractivity contribution >= 4 is 35.2 Å². The molecule has 8 nitrogen and oxygen atoms in total. The van der Waals surface area contributed by atoms with E-state index in [1.807, 2.05) is 6.26 Å². The first-order valence-corrected chi connectivity index (χ1v) is 11.6. The fraction of sp³-hybridized carbons (Fsp3) is 0.348. The molecule has 0 unspecified atom stereocenters. The minimum Gasteiger partial charge on any atom is -0.508 e. The molecule has 9 heteroatoms. The summed E-state index contributed by atoms with van der Waals surface area (Å²) in [5, 5.41) is 12.3. The van der Waals surface area contributed by atoms with Crippen molar-refractivity contribution in [1.29, 1.82) is 0 Å². The third kappa shape index (κ3) is 7.00. The lowest BCUT2D eigenvalue weighted by molar-refractivity contribution is -0.129. The third-order valence-electron chi connectivity index (χ3n) is 5.03. The zero-order valence-corrected chi connectivity index (χ0v) is 19.0. The van der Waals surface area contributed by atoms with Crippen molar-refractivity contribution in [3.05, 3.63) is 60.2 Å². The van der Waals surface area contributed by atoms with E-state index >= 15 is 0 Å². The first kappa shape index (κ1) is 25.2. The molecule has 32 heavy (non-hydrogen) atoms. The molecule has 0 aliphatic carbocycles. The van der Waals surface area contributed by atoms with Crippen LogP contribution in [0.1, 0.15) is 18.9 Å². The van der Waals surface area contributed by atoms with Crippen LogP contribution in [0.15, 0.2) is 54.6 Å². The van der Waals surface area contributed by atoms with Gasteiger partial charge in [-0.3, -0.25) is 19.3 Å². The maximum Gasteiger partial charge on any atom is 0.250 e. The molecule has 2 aromatic rings. The first-order valence-electron chi connectivity index (χ1n) is 10.2. The summed E-state index contributed by atoms with van der Waals surface area (Å²) in [4.78, 5) is 39.6. The number of nitrogens with two attached hydrogens (primary N) is 2. The van der Waals surface area contributed by atoms with Gasteiger partial charge in [-0.15, -0.1) is 0 Å². The molecule has 0 saturated carbocycles. The van der Waals surface area contributed by atoms with Gasteiger partial charge in [0.1, 0.15) is 17.8 Å². The maximum atomic E-state index is 13.6. The van der Waals surface area contributed by atoms with Gasteiger partial charge in [0.25, 0.3) is 5.91 Å². The summed E-state index contributed by atoms with van der Waals surface area (Å²) in [6, 6.07) is 12.3. The molecule has 0 aliphatic heterocycles. The van der Waals surface area contributed by atoms with Crippen LogP contribution in [0.2, 0.25) is 0 Å². The fourth-order valence-corrected chi connectivity index (χ4v) is 3.64. The second kappa shape index (κ2) is 12.1. The minimum absolute atomic E-state index is 0.0908. The number of amides is 3. The highest BCUT2D eigenvalue weighted by Gasteiger charge is 2.33. The van der Waals surface area contributed by atoms with Crippen LogP contribution in [-0.4, -0.2) is 53.0 Å². The average Bonchev–Trinajstić information content (AvgIpc) is 2.78. The Hall–Kier alpha value is -3.04. The highest BCUT2D eigenvalue weighted by Crippen LogP contribution is 2.20. The van der Waals surface area contributed by atoms with Crippen molar-refractivity contribution in [2.24, 2.45) is 11.5 Å². The number of carbonyl (C=O) groups is 3. The Kier molecular flexibility index (Phi) is 9.55. The van der Waals surface area contributed by atoms with Crippen LogP contribution in [0.3, 0.4) is 0 Å². The number of para-hydroxylation sites is 1. The van der Waals surface area contributed by atoms with E-state index in [-0.39, 0.29) is 12.2 Å². The number of nitrogens with one attached hydrogen (secondary N) is 1. The second-order valence-electron chi connectivity index (χ2n) is 7.44. The van der Waals surface area contributed by atoms with E-state index in [1.54, 1.807) is 54.2 Å². The molecule has 3 atom stereocenters. The van der Waals surface area contributed by atoms with Crippen LogP contribution < -0.4 is 21.7 Å². The Morgan fingerprint density at radius 3 is 2.28 bits per heavy atom. The Balaban J connectivity index is 2.37. The molecular weight excluding hydrogens is 428 g/mol. The Bertz CT molecular complexity index is 908. The van der Waals surface area contributed by atoms with Crippen molar-refractivity contribution in [2.75, 3.05) is 16.9 Å². The van der Waals surface area contributed by atoms with E-state index in [4.69, 9.17) is 11.5 Å². The normalized spacial score (nSPS) is 13.6.